The minimum atomic E-state index is -0.700. The van der Waals surface area contributed by atoms with Crippen molar-refractivity contribution in [3.05, 3.63) is 0 Å². The van der Waals surface area contributed by atoms with Gasteiger partial charge >= 0.3 is 5.97 Å². The Balaban J connectivity index is 1.72. The predicted octanol–water partition coefficient (Wildman–Crippen LogP) is 3.53. The van der Waals surface area contributed by atoms with Crippen molar-refractivity contribution in [2.75, 3.05) is 6.54 Å². The largest absolute Gasteiger partial charge is 0.481 e. The van der Waals surface area contributed by atoms with E-state index in [1.54, 1.807) is 0 Å². The van der Waals surface area contributed by atoms with E-state index in [1.807, 2.05) is 0 Å². The molecule has 3 saturated heterocycles. The third kappa shape index (κ3) is 1.73. The van der Waals surface area contributed by atoms with E-state index in [-0.39, 0.29) is 17.3 Å². The van der Waals surface area contributed by atoms with Crippen molar-refractivity contribution >= 4 is 5.97 Å². The Bertz CT molecular complexity index is 635. The minimum absolute atomic E-state index is 0.0998. The molecule has 6 rings (SSSR count). The molecule has 0 amide bonds. The van der Waals surface area contributed by atoms with E-state index in [1.165, 1.54) is 32.2 Å². The van der Waals surface area contributed by atoms with Crippen LogP contribution in [0.15, 0.2) is 0 Å². The van der Waals surface area contributed by atoms with Crippen molar-refractivity contribution in [3.8, 4) is 0 Å². The Hall–Kier alpha value is -0.610. The summed E-state index contributed by atoms with van der Waals surface area (Å²) in [5.41, 5.74) is -0.775. The third-order valence-electron chi connectivity index (χ3n) is 10.1. The molecular formula is C22H35NO3. The molecule has 0 aromatic carbocycles. The number of carboxylic acid groups (broad SMARTS) is 1. The van der Waals surface area contributed by atoms with Crippen LogP contribution < -0.4 is 0 Å². The van der Waals surface area contributed by atoms with E-state index < -0.39 is 11.6 Å². The van der Waals surface area contributed by atoms with Crippen LogP contribution in [0.25, 0.3) is 0 Å². The zero-order valence-corrected chi connectivity index (χ0v) is 16.6. The monoisotopic (exact) mass is 361 g/mol. The Morgan fingerprint density at radius 3 is 2.73 bits per heavy atom. The standard InChI is InChI=1S/C22H35NO3/c1-13(2)15-6-9-20(3)14-11-16-17-5-4-8-22(16,26)21(20,10-7-18(24)25)19(15)23(17)12-14/h13-17,19,26H,4-12H2,1-3H3,(H,24,25)/t14-,15-,16+,17+,19+,20-,21+,22-/m1/s1. The average molecular weight is 362 g/mol. The molecule has 3 heterocycles. The molecule has 3 saturated carbocycles. The van der Waals surface area contributed by atoms with Gasteiger partial charge in [-0.05, 0) is 68.1 Å². The molecule has 4 nitrogen and oxygen atoms in total. The number of piperidine rings is 3. The highest BCUT2D eigenvalue weighted by Gasteiger charge is 2.80. The first-order chi connectivity index (χ1) is 12.3. The molecule has 6 aliphatic rings. The van der Waals surface area contributed by atoms with Crippen molar-refractivity contribution in [1.29, 1.82) is 0 Å². The van der Waals surface area contributed by atoms with Crippen LogP contribution in [0.4, 0.5) is 0 Å². The molecule has 146 valence electrons. The number of carbonyl (C=O) groups is 1. The highest BCUT2D eigenvalue weighted by atomic mass is 16.4. The molecule has 3 aliphatic heterocycles. The van der Waals surface area contributed by atoms with Gasteiger partial charge < -0.3 is 10.2 Å². The van der Waals surface area contributed by atoms with E-state index in [4.69, 9.17) is 0 Å². The fourth-order valence-electron chi connectivity index (χ4n) is 9.19. The fraction of sp³-hybridized carbons (Fsp3) is 0.955. The first-order valence-electron chi connectivity index (χ1n) is 11.0. The van der Waals surface area contributed by atoms with Crippen LogP contribution in [0, 0.1) is 34.5 Å². The van der Waals surface area contributed by atoms with E-state index in [0.717, 1.165) is 12.8 Å². The van der Waals surface area contributed by atoms with E-state index >= 15 is 0 Å². The highest BCUT2D eigenvalue weighted by Crippen LogP contribution is 2.77. The van der Waals surface area contributed by atoms with Gasteiger partial charge in [-0.25, -0.2) is 0 Å². The number of carboxylic acids is 1. The summed E-state index contributed by atoms with van der Waals surface area (Å²) in [6.07, 6.45) is 7.68. The summed E-state index contributed by atoms with van der Waals surface area (Å²) in [7, 11) is 0. The van der Waals surface area contributed by atoms with E-state index in [9.17, 15) is 15.0 Å². The van der Waals surface area contributed by atoms with Gasteiger partial charge in [0.05, 0.1) is 5.60 Å². The molecular weight excluding hydrogens is 326 g/mol. The molecule has 9 atom stereocenters. The van der Waals surface area contributed by atoms with Gasteiger partial charge in [0.1, 0.15) is 0 Å². The fourth-order valence-corrected chi connectivity index (χ4v) is 9.19. The molecule has 8 bridgehead atoms. The SMILES string of the molecule is CC(C)[C@H]1CC[C@]2(C)[C@@H]3C[C@H]4[C@@H]5CCC[C@]4(O)[C@@]2(CCC(=O)O)[C@H]1N5C3. The zero-order valence-electron chi connectivity index (χ0n) is 16.6. The normalized spacial score (nSPS) is 56.8. The van der Waals surface area contributed by atoms with Gasteiger partial charge in [0.2, 0.25) is 0 Å². The second-order valence-electron chi connectivity index (χ2n) is 10.8. The number of hydrogen-bond donors (Lipinski definition) is 2. The van der Waals surface area contributed by atoms with Gasteiger partial charge in [0.15, 0.2) is 0 Å². The number of nitrogens with zero attached hydrogens (tertiary/aromatic N) is 1. The molecule has 0 aromatic rings. The van der Waals surface area contributed by atoms with Gasteiger partial charge in [0.25, 0.3) is 0 Å². The Labute approximate surface area is 157 Å². The Kier molecular flexibility index (Phi) is 3.53. The summed E-state index contributed by atoms with van der Waals surface area (Å²) in [6, 6.07) is 0.917. The van der Waals surface area contributed by atoms with E-state index in [0.29, 0.717) is 42.2 Å². The Morgan fingerprint density at radius 2 is 2.04 bits per heavy atom. The minimum Gasteiger partial charge on any atom is -0.481 e. The van der Waals surface area contributed by atoms with Crippen molar-refractivity contribution in [2.45, 2.75) is 89.8 Å². The molecule has 6 fully saturated rings. The molecule has 26 heavy (non-hydrogen) atoms. The summed E-state index contributed by atoms with van der Waals surface area (Å²) < 4.78 is 0. The summed E-state index contributed by atoms with van der Waals surface area (Å²) in [5, 5.41) is 21.9. The average Bonchev–Trinajstić information content (AvgIpc) is 2.57. The smallest absolute Gasteiger partial charge is 0.303 e. The first kappa shape index (κ1) is 17.5. The maximum atomic E-state index is 12.3. The van der Waals surface area contributed by atoms with Crippen molar-refractivity contribution in [3.63, 3.8) is 0 Å². The van der Waals surface area contributed by atoms with Crippen LogP contribution in [0.2, 0.25) is 0 Å². The second kappa shape index (κ2) is 5.26. The van der Waals surface area contributed by atoms with E-state index in [2.05, 4.69) is 25.7 Å². The first-order valence-corrected chi connectivity index (χ1v) is 11.0. The molecule has 2 N–H and O–H groups in total. The van der Waals surface area contributed by atoms with Crippen molar-refractivity contribution in [2.24, 2.45) is 34.5 Å². The summed E-state index contributed by atoms with van der Waals surface area (Å²) in [4.78, 5) is 14.4. The van der Waals surface area contributed by atoms with Gasteiger partial charge in [-0.2, -0.15) is 0 Å². The summed E-state index contributed by atoms with van der Waals surface area (Å²) in [6.45, 7) is 8.30. The molecule has 4 heteroatoms. The lowest BCUT2D eigenvalue weighted by molar-refractivity contribution is -0.376. The quantitative estimate of drug-likeness (QED) is 0.804. The molecule has 3 aliphatic carbocycles. The highest BCUT2D eigenvalue weighted by molar-refractivity contribution is 5.67. The molecule has 1 unspecified atom stereocenters. The lowest BCUT2D eigenvalue weighted by Gasteiger charge is -2.83. The van der Waals surface area contributed by atoms with Gasteiger partial charge in [-0.15, -0.1) is 0 Å². The van der Waals surface area contributed by atoms with Crippen LogP contribution in [-0.4, -0.2) is 45.3 Å². The summed E-state index contributed by atoms with van der Waals surface area (Å²) in [5.74, 6) is 1.49. The van der Waals surface area contributed by atoms with Gasteiger partial charge in [-0.1, -0.05) is 20.8 Å². The second-order valence-corrected chi connectivity index (χ2v) is 10.8. The summed E-state index contributed by atoms with van der Waals surface area (Å²) >= 11 is 0. The number of hydrogen-bond acceptors (Lipinski definition) is 3. The molecule has 0 aromatic heterocycles. The van der Waals surface area contributed by atoms with Crippen LogP contribution in [-0.2, 0) is 4.79 Å². The number of aliphatic carboxylic acids is 1. The van der Waals surface area contributed by atoms with Crippen LogP contribution in [0.5, 0.6) is 0 Å². The van der Waals surface area contributed by atoms with Crippen LogP contribution in [0.1, 0.15) is 72.1 Å². The maximum Gasteiger partial charge on any atom is 0.303 e. The number of rotatable bonds is 4. The van der Waals surface area contributed by atoms with Crippen molar-refractivity contribution < 1.29 is 15.0 Å². The lowest BCUT2D eigenvalue weighted by Crippen LogP contribution is -2.88. The molecule has 0 radical (unpaired) electrons. The number of aliphatic hydroxyl groups is 1. The van der Waals surface area contributed by atoms with Crippen LogP contribution in [0.3, 0.4) is 0 Å². The molecule has 0 spiro atoms. The third-order valence-corrected chi connectivity index (χ3v) is 10.1. The lowest BCUT2D eigenvalue weighted by atomic mass is 9.30. The predicted molar refractivity (Wildman–Crippen MR) is 99.7 cm³/mol. The van der Waals surface area contributed by atoms with Crippen molar-refractivity contribution in [1.82, 2.24) is 4.90 Å². The topological polar surface area (TPSA) is 60.8 Å². The Morgan fingerprint density at radius 1 is 1.27 bits per heavy atom. The zero-order chi connectivity index (χ0) is 18.5. The maximum absolute atomic E-state index is 12.3. The van der Waals surface area contributed by atoms with Gasteiger partial charge in [0, 0.05) is 36.4 Å². The van der Waals surface area contributed by atoms with Gasteiger partial charge in [-0.3, -0.25) is 9.69 Å². The van der Waals surface area contributed by atoms with Crippen LogP contribution >= 0.6 is 0 Å².